The van der Waals surface area contributed by atoms with Crippen LogP contribution >= 0.6 is 0 Å². The Morgan fingerprint density at radius 2 is 1.95 bits per heavy atom. The molecule has 7 nitrogen and oxygen atoms in total. The third-order valence-corrected chi connectivity index (χ3v) is 3.28. The summed E-state index contributed by atoms with van der Waals surface area (Å²) in [7, 11) is 3.86. The fourth-order valence-electron chi connectivity index (χ4n) is 1.98. The topological polar surface area (TPSA) is 117 Å². The predicted molar refractivity (Wildman–Crippen MR) is 82.0 cm³/mol. The van der Waals surface area contributed by atoms with E-state index in [1.807, 2.05) is 31.1 Å². The molecular formula is C15H25N4O3+. The molecule has 1 amide bonds. The zero-order valence-electron chi connectivity index (χ0n) is 13.2. The van der Waals surface area contributed by atoms with Gasteiger partial charge < -0.3 is 31.2 Å². The maximum Gasteiger partial charge on any atom is 0.230 e. The van der Waals surface area contributed by atoms with Crippen LogP contribution in [0.2, 0.25) is 0 Å². The Labute approximate surface area is 130 Å². The molecule has 0 fully saturated rings. The first kappa shape index (κ1) is 17.9. The molecule has 0 aliphatic rings. The first-order chi connectivity index (χ1) is 10.4. The maximum atomic E-state index is 11.9. The van der Waals surface area contributed by atoms with Gasteiger partial charge in [-0.05, 0) is 24.3 Å². The van der Waals surface area contributed by atoms with Crippen LogP contribution in [-0.4, -0.2) is 45.1 Å². The molecule has 1 atom stereocenters. The van der Waals surface area contributed by atoms with Crippen LogP contribution in [0.3, 0.4) is 0 Å². The summed E-state index contributed by atoms with van der Waals surface area (Å²) >= 11 is 0. The molecule has 0 aliphatic carbocycles. The van der Waals surface area contributed by atoms with Crippen molar-refractivity contribution in [2.24, 2.45) is 0 Å². The van der Waals surface area contributed by atoms with Gasteiger partial charge in [-0.25, -0.2) is 0 Å². The second-order valence-electron chi connectivity index (χ2n) is 5.35. The van der Waals surface area contributed by atoms with E-state index >= 15 is 0 Å². The van der Waals surface area contributed by atoms with Crippen LogP contribution in [0.5, 0.6) is 0 Å². The third kappa shape index (κ3) is 6.11. The summed E-state index contributed by atoms with van der Waals surface area (Å²) in [5.74, 6) is -1.56. The maximum absolute atomic E-state index is 11.9. The van der Waals surface area contributed by atoms with Crippen molar-refractivity contribution in [3.63, 3.8) is 0 Å². The molecule has 0 bridgehead atoms. The van der Waals surface area contributed by atoms with Crippen molar-refractivity contribution in [2.75, 3.05) is 37.4 Å². The summed E-state index contributed by atoms with van der Waals surface area (Å²) in [5.41, 5.74) is 5.36. The molecule has 1 rings (SSSR count). The van der Waals surface area contributed by atoms with Crippen molar-refractivity contribution in [1.82, 2.24) is 0 Å². The Balaban J connectivity index is 2.53. The van der Waals surface area contributed by atoms with Gasteiger partial charge in [0.05, 0.1) is 25.5 Å². The van der Waals surface area contributed by atoms with Crippen molar-refractivity contribution >= 4 is 23.3 Å². The van der Waals surface area contributed by atoms with Crippen molar-refractivity contribution in [3.8, 4) is 0 Å². The van der Waals surface area contributed by atoms with Gasteiger partial charge in [0.15, 0.2) is 0 Å². The number of carbonyl (C=O) groups is 2. The molecule has 1 aromatic carbocycles. The first-order valence-electron chi connectivity index (χ1n) is 7.34. The van der Waals surface area contributed by atoms with Crippen molar-refractivity contribution in [2.45, 2.75) is 18.9 Å². The summed E-state index contributed by atoms with van der Waals surface area (Å²) in [4.78, 5) is 24.9. The number of anilines is 2. The van der Waals surface area contributed by atoms with Gasteiger partial charge in [-0.3, -0.25) is 4.79 Å². The van der Waals surface area contributed by atoms with Gasteiger partial charge in [0.25, 0.3) is 0 Å². The molecule has 22 heavy (non-hydrogen) atoms. The smallest absolute Gasteiger partial charge is 0.230 e. The molecule has 1 aromatic rings. The highest BCUT2D eigenvalue weighted by molar-refractivity contribution is 5.93. The predicted octanol–water partition coefficient (Wildman–Crippen LogP) is -2.60. The number of nitrogens with zero attached hydrogens (tertiary/aromatic N) is 1. The monoisotopic (exact) mass is 309 g/mol. The van der Waals surface area contributed by atoms with E-state index in [1.165, 1.54) is 0 Å². The van der Waals surface area contributed by atoms with E-state index in [2.05, 4.69) is 11.1 Å². The molecule has 0 saturated carbocycles. The Morgan fingerprint density at radius 1 is 1.32 bits per heavy atom. The lowest BCUT2D eigenvalue weighted by Crippen LogP contribution is -2.93. The van der Waals surface area contributed by atoms with Crippen LogP contribution in [0, 0.1) is 0 Å². The molecular weight excluding hydrogens is 284 g/mol. The van der Waals surface area contributed by atoms with E-state index in [1.54, 1.807) is 17.4 Å². The Morgan fingerprint density at radius 3 is 2.45 bits per heavy atom. The summed E-state index contributed by atoms with van der Waals surface area (Å²) in [5, 5.41) is 15.4. The number of carboxylic acid groups (broad SMARTS) is 1. The number of hydrogen-bond donors (Lipinski definition) is 3. The minimum absolute atomic E-state index is 0.116. The number of rotatable bonds is 9. The van der Waals surface area contributed by atoms with Crippen molar-refractivity contribution < 1.29 is 25.7 Å². The fraction of sp³-hybridized carbons (Fsp3) is 0.467. The third-order valence-electron chi connectivity index (χ3n) is 3.28. The molecule has 0 saturated heterocycles. The Bertz CT molecular complexity index is 488. The highest BCUT2D eigenvalue weighted by Gasteiger charge is 2.18. The van der Waals surface area contributed by atoms with E-state index in [0.717, 1.165) is 18.7 Å². The summed E-state index contributed by atoms with van der Waals surface area (Å²) in [6, 6.07) is 6.47. The molecule has 0 aromatic heterocycles. The number of nitrogens with two attached hydrogens (primary N) is 1. The molecule has 0 heterocycles. The Kier molecular flexibility index (Phi) is 7.34. The number of hydrogen-bond acceptors (Lipinski definition) is 4. The largest absolute Gasteiger partial charge is 0.544 e. The van der Waals surface area contributed by atoms with Gasteiger partial charge in [-0.2, -0.15) is 0 Å². The van der Waals surface area contributed by atoms with Crippen LogP contribution < -0.4 is 26.4 Å². The van der Waals surface area contributed by atoms with Gasteiger partial charge in [0.1, 0.15) is 6.04 Å². The number of nitrogens with one attached hydrogen (secondary N) is 1. The average molecular weight is 309 g/mol. The van der Waals surface area contributed by atoms with Crippen molar-refractivity contribution in [3.05, 3.63) is 24.3 Å². The fourth-order valence-corrected chi connectivity index (χ4v) is 1.98. The van der Waals surface area contributed by atoms with E-state index < -0.39 is 12.0 Å². The number of carboxylic acids is 1. The van der Waals surface area contributed by atoms with E-state index in [9.17, 15) is 14.7 Å². The van der Waals surface area contributed by atoms with Crippen LogP contribution in [0.25, 0.3) is 0 Å². The summed E-state index contributed by atoms with van der Waals surface area (Å²) in [6.45, 7) is 1.35. The molecule has 7 heteroatoms. The SMILES string of the molecule is CN(C)c1ccc(NC(=O)C[C@@H]([NH2+]CCC[NH3+])C(=O)[O-])cc1. The molecule has 0 radical (unpaired) electrons. The second kappa shape index (κ2) is 9.01. The molecule has 0 spiro atoms. The average Bonchev–Trinajstić information content (AvgIpc) is 2.46. The number of carbonyl (C=O) groups excluding carboxylic acids is 2. The molecule has 6 N–H and O–H groups in total. The number of benzene rings is 1. The van der Waals surface area contributed by atoms with Gasteiger partial charge in [-0.15, -0.1) is 0 Å². The van der Waals surface area contributed by atoms with E-state index in [4.69, 9.17) is 0 Å². The highest BCUT2D eigenvalue weighted by atomic mass is 16.4. The minimum atomic E-state index is -1.22. The molecule has 122 valence electrons. The van der Waals surface area contributed by atoms with Crippen LogP contribution in [0.4, 0.5) is 11.4 Å². The standard InChI is InChI=1S/C15H24N4O3/c1-19(2)12-6-4-11(5-7-12)18-14(20)10-13(15(21)22)17-9-3-8-16/h4-7,13,17H,3,8-10,16H2,1-2H3,(H,18,20)(H,21,22)/p+1/t13-/m1/s1. The van der Waals surface area contributed by atoms with Crippen LogP contribution in [0.1, 0.15) is 12.8 Å². The Hall–Kier alpha value is -2.12. The number of aliphatic carboxylic acids is 1. The number of quaternary nitrogens is 2. The molecule has 0 unspecified atom stereocenters. The van der Waals surface area contributed by atoms with Crippen molar-refractivity contribution in [1.29, 1.82) is 0 Å². The minimum Gasteiger partial charge on any atom is -0.544 e. The normalized spacial score (nSPS) is 11.8. The summed E-state index contributed by atoms with van der Waals surface area (Å²) < 4.78 is 0. The van der Waals surface area contributed by atoms with Gasteiger partial charge >= 0.3 is 0 Å². The second-order valence-corrected chi connectivity index (χ2v) is 5.35. The lowest BCUT2D eigenvalue weighted by molar-refractivity contribution is -0.684. The first-order valence-corrected chi connectivity index (χ1v) is 7.34. The van der Waals surface area contributed by atoms with Gasteiger partial charge in [-0.1, -0.05) is 0 Å². The zero-order valence-corrected chi connectivity index (χ0v) is 13.2. The molecule has 0 aliphatic heterocycles. The van der Waals surface area contributed by atoms with E-state index in [0.29, 0.717) is 12.2 Å². The van der Waals surface area contributed by atoms with Gasteiger partial charge in [0.2, 0.25) is 5.91 Å². The van der Waals surface area contributed by atoms with Crippen LogP contribution in [0.15, 0.2) is 24.3 Å². The quantitative estimate of drug-likeness (QED) is 0.433. The van der Waals surface area contributed by atoms with E-state index in [-0.39, 0.29) is 12.3 Å². The lowest BCUT2D eigenvalue weighted by atomic mass is 10.2. The number of amides is 1. The summed E-state index contributed by atoms with van der Waals surface area (Å²) in [6.07, 6.45) is 0.687. The lowest BCUT2D eigenvalue weighted by Gasteiger charge is -2.16. The van der Waals surface area contributed by atoms with Crippen LogP contribution in [-0.2, 0) is 9.59 Å². The van der Waals surface area contributed by atoms with Gasteiger partial charge in [0, 0.05) is 31.9 Å². The zero-order chi connectivity index (χ0) is 16.5. The highest BCUT2D eigenvalue weighted by Crippen LogP contribution is 2.15.